The zero-order valence-electron chi connectivity index (χ0n) is 17.5. The summed E-state index contributed by atoms with van der Waals surface area (Å²) in [5.74, 6) is 1.34. The van der Waals surface area contributed by atoms with Crippen LogP contribution in [0.2, 0.25) is 0 Å². The lowest BCUT2D eigenvalue weighted by Gasteiger charge is -2.29. The molecule has 0 bridgehead atoms. The Morgan fingerprint density at radius 1 is 1.00 bits per heavy atom. The first-order chi connectivity index (χ1) is 14.7. The number of fused-ring (bicyclic) bond motifs is 3. The topological polar surface area (TPSA) is 78.9 Å². The van der Waals surface area contributed by atoms with Crippen molar-refractivity contribution in [2.45, 2.75) is 32.1 Å². The van der Waals surface area contributed by atoms with Gasteiger partial charge in [0.1, 0.15) is 5.82 Å². The maximum absolute atomic E-state index is 4.96. The molecule has 3 aromatic heterocycles. The van der Waals surface area contributed by atoms with Gasteiger partial charge < -0.3 is 15.5 Å². The van der Waals surface area contributed by atoms with E-state index in [0.29, 0.717) is 5.95 Å². The standard InChI is InChI=1S/C23H27N7/c1-3-23(4-2)19-15-25-8-7-17(19)18-14-27-22(29-21(18)23)28-20-6-5-16(13-26-20)30-11-9-24-10-12-30/h5-8,13-15,24H,3-4,9-12H2,1-2H3,(H,26,27,28,29). The first kappa shape index (κ1) is 18.9. The molecule has 4 heterocycles. The predicted molar refractivity (Wildman–Crippen MR) is 119 cm³/mol. The monoisotopic (exact) mass is 401 g/mol. The summed E-state index contributed by atoms with van der Waals surface area (Å²) in [5, 5.41) is 6.67. The number of piperazine rings is 1. The number of rotatable bonds is 5. The van der Waals surface area contributed by atoms with E-state index in [1.54, 1.807) is 0 Å². The maximum Gasteiger partial charge on any atom is 0.228 e. The third-order valence-corrected chi connectivity index (χ3v) is 6.55. The fourth-order valence-electron chi connectivity index (χ4n) is 4.79. The summed E-state index contributed by atoms with van der Waals surface area (Å²) in [4.78, 5) is 20.9. The Kier molecular flexibility index (Phi) is 4.83. The van der Waals surface area contributed by atoms with E-state index in [1.807, 2.05) is 30.9 Å². The van der Waals surface area contributed by atoms with Crippen molar-refractivity contribution in [3.63, 3.8) is 0 Å². The van der Waals surface area contributed by atoms with Gasteiger partial charge in [0.15, 0.2) is 0 Å². The van der Waals surface area contributed by atoms with E-state index >= 15 is 0 Å². The van der Waals surface area contributed by atoms with Crippen molar-refractivity contribution in [3.05, 3.63) is 54.2 Å². The summed E-state index contributed by atoms with van der Waals surface area (Å²) < 4.78 is 0. The minimum Gasteiger partial charge on any atom is -0.368 e. The van der Waals surface area contributed by atoms with Gasteiger partial charge in [0, 0.05) is 55.7 Å². The Bertz CT molecular complexity index is 1040. The molecule has 1 aliphatic carbocycles. The third kappa shape index (κ3) is 3.01. The first-order valence-corrected chi connectivity index (χ1v) is 10.8. The number of aromatic nitrogens is 4. The lowest BCUT2D eigenvalue weighted by atomic mass is 9.77. The van der Waals surface area contributed by atoms with E-state index in [9.17, 15) is 0 Å². The van der Waals surface area contributed by atoms with E-state index in [4.69, 9.17) is 4.98 Å². The van der Waals surface area contributed by atoms with Crippen molar-refractivity contribution >= 4 is 17.5 Å². The van der Waals surface area contributed by atoms with E-state index in [1.165, 1.54) is 11.1 Å². The molecule has 3 aromatic rings. The van der Waals surface area contributed by atoms with Gasteiger partial charge in [-0.05, 0) is 42.2 Å². The van der Waals surface area contributed by atoms with Gasteiger partial charge in [0.05, 0.1) is 17.6 Å². The fourth-order valence-corrected chi connectivity index (χ4v) is 4.79. The smallest absolute Gasteiger partial charge is 0.228 e. The lowest BCUT2D eigenvalue weighted by Crippen LogP contribution is -2.43. The number of anilines is 3. The molecule has 5 rings (SSSR count). The zero-order valence-corrected chi connectivity index (χ0v) is 17.5. The van der Waals surface area contributed by atoms with Crippen LogP contribution in [-0.2, 0) is 5.41 Å². The Balaban J connectivity index is 1.43. The summed E-state index contributed by atoms with van der Waals surface area (Å²) in [6, 6.07) is 6.19. The zero-order chi connectivity index (χ0) is 20.6. The van der Waals surface area contributed by atoms with Crippen LogP contribution in [0.4, 0.5) is 17.5 Å². The molecule has 7 heteroatoms. The SMILES string of the molecule is CCC1(CC)c2cnccc2-c2cnc(Nc3ccc(N4CCNCC4)cn3)nc21. The summed E-state index contributed by atoms with van der Waals surface area (Å²) in [5.41, 5.74) is 5.70. The number of pyridine rings is 2. The minimum atomic E-state index is -0.113. The molecule has 0 atom stereocenters. The van der Waals surface area contributed by atoms with Gasteiger partial charge in [0.2, 0.25) is 5.95 Å². The van der Waals surface area contributed by atoms with Crippen LogP contribution in [0.3, 0.4) is 0 Å². The average molecular weight is 402 g/mol. The lowest BCUT2D eigenvalue weighted by molar-refractivity contribution is 0.475. The highest BCUT2D eigenvalue weighted by molar-refractivity contribution is 5.79. The number of nitrogens with zero attached hydrogens (tertiary/aromatic N) is 5. The van der Waals surface area contributed by atoms with Gasteiger partial charge in [-0.25, -0.2) is 15.0 Å². The molecule has 0 radical (unpaired) electrons. The summed E-state index contributed by atoms with van der Waals surface area (Å²) >= 11 is 0. The molecule has 0 aromatic carbocycles. The molecule has 2 aliphatic rings. The minimum absolute atomic E-state index is 0.113. The first-order valence-electron chi connectivity index (χ1n) is 10.8. The second-order valence-electron chi connectivity index (χ2n) is 7.93. The van der Waals surface area contributed by atoms with Crippen LogP contribution < -0.4 is 15.5 Å². The summed E-state index contributed by atoms with van der Waals surface area (Å²) in [7, 11) is 0. The van der Waals surface area contributed by atoms with Gasteiger partial charge in [-0.2, -0.15) is 0 Å². The molecule has 0 unspecified atom stereocenters. The van der Waals surface area contributed by atoms with Gasteiger partial charge >= 0.3 is 0 Å². The normalized spacial score (nSPS) is 16.8. The molecule has 0 saturated carbocycles. The van der Waals surface area contributed by atoms with Crippen molar-refractivity contribution in [1.29, 1.82) is 0 Å². The van der Waals surface area contributed by atoms with Crippen LogP contribution in [0.25, 0.3) is 11.1 Å². The van der Waals surface area contributed by atoms with Crippen molar-refractivity contribution in [1.82, 2.24) is 25.3 Å². The fraction of sp³-hybridized carbons (Fsp3) is 0.391. The number of hydrogen-bond donors (Lipinski definition) is 2. The highest BCUT2D eigenvalue weighted by atomic mass is 15.2. The van der Waals surface area contributed by atoms with Crippen molar-refractivity contribution in [2.24, 2.45) is 0 Å². The number of nitrogens with one attached hydrogen (secondary N) is 2. The largest absolute Gasteiger partial charge is 0.368 e. The van der Waals surface area contributed by atoms with Crippen LogP contribution in [-0.4, -0.2) is 46.1 Å². The molecular weight excluding hydrogens is 374 g/mol. The van der Waals surface area contributed by atoms with Gasteiger partial charge in [-0.1, -0.05) is 13.8 Å². The van der Waals surface area contributed by atoms with E-state index < -0.39 is 0 Å². The average Bonchev–Trinajstić information content (AvgIpc) is 3.10. The van der Waals surface area contributed by atoms with Crippen LogP contribution in [0.5, 0.6) is 0 Å². The second kappa shape index (κ2) is 7.65. The van der Waals surface area contributed by atoms with E-state index in [2.05, 4.69) is 56.5 Å². The Morgan fingerprint density at radius 3 is 2.57 bits per heavy atom. The maximum atomic E-state index is 4.96. The van der Waals surface area contributed by atoms with E-state index in [0.717, 1.165) is 61.8 Å². The van der Waals surface area contributed by atoms with Crippen LogP contribution in [0, 0.1) is 0 Å². The van der Waals surface area contributed by atoms with Crippen molar-refractivity contribution in [2.75, 3.05) is 36.4 Å². The Hall–Kier alpha value is -3.06. The summed E-state index contributed by atoms with van der Waals surface area (Å²) in [6.45, 7) is 8.48. The molecule has 1 aliphatic heterocycles. The molecule has 154 valence electrons. The molecular formula is C23H27N7. The molecule has 0 amide bonds. The highest BCUT2D eigenvalue weighted by Crippen LogP contribution is 2.51. The van der Waals surface area contributed by atoms with E-state index in [-0.39, 0.29) is 5.41 Å². The van der Waals surface area contributed by atoms with Crippen LogP contribution in [0.15, 0.2) is 43.0 Å². The summed E-state index contributed by atoms with van der Waals surface area (Å²) in [6.07, 6.45) is 9.65. The molecule has 0 spiro atoms. The molecule has 7 nitrogen and oxygen atoms in total. The second-order valence-corrected chi connectivity index (χ2v) is 7.93. The van der Waals surface area contributed by atoms with Gasteiger partial charge in [0.25, 0.3) is 0 Å². The predicted octanol–water partition coefficient (Wildman–Crippen LogP) is 3.51. The Labute approximate surface area is 177 Å². The third-order valence-electron chi connectivity index (χ3n) is 6.55. The van der Waals surface area contributed by atoms with Crippen LogP contribution in [0.1, 0.15) is 37.9 Å². The molecule has 30 heavy (non-hydrogen) atoms. The number of hydrogen-bond acceptors (Lipinski definition) is 7. The quantitative estimate of drug-likeness (QED) is 0.677. The highest BCUT2D eigenvalue weighted by Gasteiger charge is 2.42. The molecule has 2 N–H and O–H groups in total. The van der Waals surface area contributed by atoms with Gasteiger partial charge in [-0.15, -0.1) is 0 Å². The van der Waals surface area contributed by atoms with Crippen molar-refractivity contribution < 1.29 is 0 Å². The van der Waals surface area contributed by atoms with Gasteiger partial charge in [-0.3, -0.25) is 4.98 Å². The molecule has 1 fully saturated rings. The van der Waals surface area contributed by atoms with Crippen molar-refractivity contribution in [3.8, 4) is 11.1 Å². The Morgan fingerprint density at radius 2 is 1.83 bits per heavy atom. The molecule has 1 saturated heterocycles. The van der Waals surface area contributed by atoms with Crippen LogP contribution >= 0.6 is 0 Å².